The maximum atomic E-state index is 13.4. The Morgan fingerprint density at radius 3 is 2.50 bits per heavy atom. The van der Waals surface area contributed by atoms with Gasteiger partial charge in [0, 0.05) is 37.6 Å². The van der Waals surface area contributed by atoms with Gasteiger partial charge in [0.15, 0.2) is 0 Å². The Labute approximate surface area is 199 Å². The molecule has 0 saturated carbocycles. The smallest absolute Gasteiger partial charge is 0.325 e. The van der Waals surface area contributed by atoms with E-state index >= 15 is 0 Å². The lowest BCUT2D eigenvalue weighted by Gasteiger charge is -2.35. The Morgan fingerprint density at radius 1 is 1.03 bits per heavy atom. The van der Waals surface area contributed by atoms with Crippen molar-refractivity contribution in [3.05, 3.63) is 59.7 Å². The molecule has 8 nitrogen and oxygen atoms in total. The van der Waals surface area contributed by atoms with Crippen molar-refractivity contribution in [1.82, 2.24) is 15.1 Å². The Bertz CT molecular complexity index is 1090. The first-order valence-electron chi connectivity index (χ1n) is 12.1. The molecule has 0 radical (unpaired) electrons. The quantitative estimate of drug-likeness (QED) is 0.669. The van der Waals surface area contributed by atoms with Gasteiger partial charge in [0.2, 0.25) is 5.91 Å². The number of benzene rings is 2. The highest BCUT2D eigenvalue weighted by atomic mass is 16.2. The first kappa shape index (κ1) is 22.4. The van der Waals surface area contributed by atoms with Crippen molar-refractivity contribution in [2.45, 2.75) is 31.7 Å². The minimum atomic E-state index is -1.06. The van der Waals surface area contributed by atoms with E-state index < -0.39 is 17.5 Å². The van der Waals surface area contributed by atoms with Gasteiger partial charge >= 0.3 is 6.03 Å². The van der Waals surface area contributed by atoms with Crippen LogP contribution in [0.5, 0.6) is 0 Å². The molecule has 0 bridgehead atoms. The summed E-state index contributed by atoms with van der Waals surface area (Å²) >= 11 is 0. The number of anilines is 2. The van der Waals surface area contributed by atoms with Gasteiger partial charge in [-0.05, 0) is 61.2 Å². The van der Waals surface area contributed by atoms with Crippen LogP contribution in [-0.2, 0) is 21.5 Å². The average Bonchev–Trinajstić information content (AvgIpc) is 3.09. The monoisotopic (exact) mass is 461 g/mol. The molecule has 0 aromatic heterocycles. The number of nitrogens with zero attached hydrogens (tertiary/aromatic N) is 3. The first-order valence-corrected chi connectivity index (χ1v) is 12.1. The van der Waals surface area contributed by atoms with Gasteiger partial charge in [0.1, 0.15) is 12.1 Å². The lowest BCUT2D eigenvalue weighted by molar-refractivity contribution is -0.134. The second kappa shape index (κ2) is 9.10. The number of aryl methyl sites for hydroxylation is 1. The number of amides is 4. The van der Waals surface area contributed by atoms with E-state index in [4.69, 9.17) is 0 Å². The van der Waals surface area contributed by atoms with Gasteiger partial charge in [-0.25, -0.2) is 4.79 Å². The second-order valence-electron chi connectivity index (χ2n) is 9.25. The van der Waals surface area contributed by atoms with E-state index in [0.29, 0.717) is 12.1 Å². The molecule has 178 valence electrons. The molecule has 2 saturated heterocycles. The molecule has 1 spiro atoms. The molecule has 2 aliphatic heterocycles. The molecule has 1 aliphatic carbocycles. The molecular formula is C26H31N5O3. The normalized spacial score (nSPS) is 22.6. The van der Waals surface area contributed by atoms with Crippen LogP contribution in [-0.4, -0.2) is 66.9 Å². The molecule has 2 aromatic carbocycles. The molecule has 2 N–H and O–H groups in total. The summed E-state index contributed by atoms with van der Waals surface area (Å²) < 4.78 is 0. The predicted octanol–water partition coefficient (Wildman–Crippen LogP) is 2.55. The van der Waals surface area contributed by atoms with Gasteiger partial charge in [-0.1, -0.05) is 31.2 Å². The summed E-state index contributed by atoms with van der Waals surface area (Å²) in [5, 5.41) is 5.72. The largest absolute Gasteiger partial charge is 0.369 e. The maximum Gasteiger partial charge on any atom is 0.325 e. The number of urea groups is 1. The van der Waals surface area contributed by atoms with Crippen LogP contribution in [0.15, 0.2) is 48.5 Å². The molecule has 1 atom stereocenters. The zero-order valence-corrected chi connectivity index (χ0v) is 19.5. The zero-order chi connectivity index (χ0) is 23.7. The van der Waals surface area contributed by atoms with Crippen molar-refractivity contribution in [2.75, 3.05) is 49.5 Å². The number of carbonyl (C=O) groups is 3. The van der Waals surface area contributed by atoms with E-state index in [1.54, 1.807) is 0 Å². The highest BCUT2D eigenvalue weighted by Gasteiger charge is 2.54. The van der Waals surface area contributed by atoms with Crippen molar-refractivity contribution in [3.8, 4) is 0 Å². The second-order valence-corrected chi connectivity index (χ2v) is 9.25. The SMILES string of the molecule is CCN1CCN(c2ccc(NC(=O)CN3C(=O)N[C@]4(CCCc5ccccc54)C3=O)cc2)CC1. The Morgan fingerprint density at radius 2 is 1.76 bits per heavy atom. The molecular weight excluding hydrogens is 430 g/mol. The van der Waals surface area contributed by atoms with Gasteiger partial charge < -0.3 is 20.4 Å². The third-order valence-corrected chi connectivity index (χ3v) is 7.29. The number of imide groups is 1. The zero-order valence-electron chi connectivity index (χ0n) is 19.5. The number of nitrogens with one attached hydrogen (secondary N) is 2. The fraction of sp³-hybridized carbons (Fsp3) is 0.423. The van der Waals surface area contributed by atoms with Crippen LogP contribution < -0.4 is 15.5 Å². The van der Waals surface area contributed by atoms with Crippen LogP contribution in [0.1, 0.15) is 30.9 Å². The maximum absolute atomic E-state index is 13.4. The van der Waals surface area contributed by atoms with Crippen LogP contribution in [0, 0.1) is 0 Å². The van der Waals surface area contributed by atoms with Gasteiger partial charge in [-0.2, -0.15) is 0 Å². The van der Waals surface area contributed by atoms with Crippen LogP contribution in [0.4, 0.5) is 16.2 Å². The van der Waals surface area contributed by atoms with Crippen LogP contribution in [0.25, 0.3) is 0 Å². The van der Waals surface area contributed by atoms with Gasteiger partial charge in [0.25, 0.3) is 5.91 Å². The van der Waals surface area contributed by atoms with Crippen molar-refractivity contribution in [3.63, 3.8) is 0 Å². The highest BCUT2D eigenvalue weighted by Crippen LogP contribution is 2.39. The van der Waals surface area contributed by atoms with Crippen molar-refractivity contribution in [1.29, 1.82) is 0 Å². The summed E-state index contributed by atoms with van der Waals surface area (Å²) in [4.78, 5) is 44.6. The molecule has 3 aliphatic rings. The molecule has 34 heavy (non-hydrogen) atoms. The van der Waals surface area contributed by atoms with E-state index in [0.717, 1.165) is 67.3 Å². The molecule has 2 aromatic rings. The number of fused-ring (bicyclic) bond motifs is 2. The lowest BCUT2D eigenvalue weighted by atomic mass is 9.76. The average molecular weight is 462 g/mol. The van der Waals surface area contributed by atoms with E-state index in [1.807, 2.05) is 48.5 Å². The van der Waals surface area contributed by atoms with Crippen molar-refractivity contribution < 1.29 is 14.4 Å². The van der Waals surface area contributed by atoms with E-state index in [1.165, 1.54) is 0 Å². The Hall–Kier alpha value is -3.39. The molecule has 8 heteroatoms. The summed E-state index contributed by atoms with van der Waals surface area (Å²) in [5.41, 5.74) is 2.63. The van der Waals surface area contributed by atoms with E-state index in [2.05, 4.69) is 27.4 Å². The number of rotatable bonds is 5. The van der Waals surface area contributed by atoms with Crippen molar-refractivity contribution in [2.24, 2.45) is 0 Å². The Kier molecular flexibility index (Phi) is 6.00. The summed E-state index contributed by atoms with van der Waals surface area (Å²) in [6.07, 6.45) is 2.23. The predicted molar refractivity (Wildman–Crippen MR) is 131 cm³/mol. The summed E-state index contributed by atoms with van der Waals surface area (Å²) in [7, 11) is 0. The molecule has 4 amide bonds. The molecule has 2 fully saturated rings. The van der Waals surface area contributed by atoms with E-state index in [9.17, 15) is 14.4 Å². The first-order chi connectivity index (χ1) is 16.5. The number of piperazine rings is 1. The number of hydrogen-bond acceptors (Lipinski definition) is 5. The fourth-order valence-corrected chi connectivity index (χ4v) is 5.38. The summed E-state index contributed by atoms with van der Waals surface area (Å²) in [6.45, 7) is 7.01. The lowest BCUT2D eigenvalue weighted by Crippen LogP contribution is -2.47. The minimum absolute atomic E-state index is 0.310. The van der Waals surface area contributed by atoms with Gasteiger partial charge in [-0.15, -0.1) is 0 Å². The summed E-state index contributed by atoms with van der Waals surface area (Å²) in [6, 6.07) is 14.9. The molecule has 5 rings (SSSR count). The van der Waals surface area contributed by atoms with Gasteiger partial charge in [-0.3, -0.25) is 14.5 Å². The standard InChI is InChI=1S/C26H31N5O3/c1-2-29-14-16-30(17-15-29)21-11-9-20(10-12-21)27-23(32)18-31-24(33)26(28-25(31)34)13-5-7-19-6-3-4-8-22(19)26/h3-4,6,8-12H,2,5,7,13-18H2,1H3,(H,27,32)(H,28,34)/t26-/m0/s1. The topological polar surface area (TPSA) is 85.0 Å². The number of hydrogen-bond donors (Lipinski definition) is 2. The number of carbonyl (C=O) groups excluding carboxylic acids is 3. The fourth-order valence-electron chi connectivity index (χ4n) is 5.38. The highest BCUT2D eigenvalue weighted by molar-refractivity contribution is 6.10. The van der Waals surface area contributed by atoms with Crippen molar-refractivity contribution >= 4 is 29.2 Å². The minimum Gasteiger partial charge on any atom is -0.369 e. The molecule has 0 unspecified atom stereocenters. The van der Waals surface area contributed by atoms with E-state index in [-0.39, 0.29) is 12.5 Å². The Balaban J connectivity index is 1.22. The number of likely N-dealkylation sites (N-methyl/N-ethyl adjacent to an activating group) is 1. The van der Waals surface area contributed by atoms with Crippen LogP contribution >= 0.6 is 0 Å². The summed E-state index contributed by atoms with van der Waals surface area (Å²) in [5.74, 6) is -0.740. The van der Waals surface area contributed by atoms with Gasteiger partial charge in [0.05, 0.1) is 0 Å². The van der Waals surface area contributed by atoms with Crippen LogP contribution in [0.3, 0.4) is 0 Å². The third-order valence-electron chi connectivity index (χ3n) is 7.29. The third kappa shape index (κ3) is 4.03. The molecule has 2 heterocycles. The van der Waals surface area contributed by atoms with Crippen LogP contribution in [0.2, 0.25) is 0 Å².